The van der Waals surface area contributed by atoms with Gasteiger partial charge >= 0.3 is 0 Å². The van der Waals surface area contributed by atoms with E-state index in [0.29, 0.717) is 0 Å². The molecule has 0 heterocycles. The van der Waals surface area contributed by atoms with Crippen molar-refractivity contribution in [3.63, 3.8) is 0 Å². The topological polar surface area (TPSA) is 20.2 Å². The molecule has 0 aliphatic rings. The van der Waals surface area contributed by atoms with Gasteiger partial charge < -0.3 is 5.11 Å². The summed E-state index contributed by atoms with van der Waals surface area (Å²) < 4.78 is 0. The Morgan fingerprint density at radius 2 is 2.00 bits per heavy atom. The second-order valence-corrected chi connectivity index (χ2v) is 4.28. The van der Waals surface area contributed by atoms with Crippen LogP contribution in [0.25, 0.3) is 6.08 Å². The number of hydrogen-bond donors (Lipinski definition) is 1. The fourth-order valence-electron chi connectivity index (χ4n) is 1.46. The van der Waals surface area contributed by atoms with E-state index >= 15 is 0 Å². The van der Waals surface area contributed by atoms with Crippen molar-refractivity contribution in [2.75, 3.05) is 0 Å². The maximum Gasteiger partial charge on any atom is 0.0811 e. The highest BCUT2D eigenvalue weighted by atomic mass is 16.3. The molecule has 0 aliphatic carbocycles. The van der Waals surface area contributed by atoms with Gasteiger partial charge in [-0.25, -0.2) is 0 Å². The number of rotatable bonds is 5. The van der Waals surface area contributed by atoms with Gasteiger partial charge in [0, 0.05) is 5.41 Å². The molecular weight excluding hydrogens is 196 g/mol. The van der Waals surface area contributed by atoms with E-state index in [4.69, 9.17) is 0 Å². The summed E-state index contributed by atoms with van der Waals surface area (Å²) in [4.78, 5) is 0. The standard InChI is InChI=1S/C15H20O/c1-4-15(3,5-2)14(16)12-11-13-9-7-6-8-10-13/h4,6-12,14,16H,1,5H2,2-3H3/b12-11+/t14-,15+/m1/s1. The molecule has 0 bridgehead atoms. The zero-order valence-electron chi connectivity index (χ0n) is 10.1. The first-order chi connectivity index (χ1) is 7.62. The van der Waals surface area contributed by atoms with Gasteiger partial charge in [0.1, 0.15) is 0 Å². The van der Waals surface area contributed by atoms with Gasteiger partial charge in [0.25, 0.3) is 0 Å². The Hall–Kier alpha value is -1.34. The molecule has 86 valence electrons. The van der Waals surface area contributed by atoms with Crippen molar-refractivity contribution in [2.24, 2.45) is 5.41 Å². The van der Waals surface area contributed by atoms with Gasteiger partial charge in [0.2, 0.25) is 0 Å². The Balaban J connectivity index is 2.74. The first-order valence-corrected chi connectivity index (χ1v) is 5.67. The Morgan fingerprint density at radius 3 is 2.50 bits per heavy atom. The first-order valence-electron chi connectivity index (χ1n) is 5.67. The molecule has 0 unspecified atom stereocenters. The molecule has 0 spiro atoms. The van der Waals surface area contributed by atoms with Crippen LogP contribution in [0.3, 0.4) is 0 Å². The lowest BCUT2D eigenvalue weighted by Crippen LogP contribution is -2.27. The third-order valence-corrected chi connectivity index (χ3v) is 3.17. The van der Waals surface area contributed by atoms with Gasteiger partial charge in [-0.05, 0) is 12.0 Å². The first kappa shape index (κ1) is 12.7. The van der Waals surface area contributed by atoms with Crippen molar-refractivity contribution >= 4 is 6.08 Å². The number of aliphatic hydroxyl groups excluding tert-OH is 1. The quantitative estimate of drug-likeness (QED) is 0.745. The number of aliphatic hydroxyl groups is 1. The van der Waals surface area contributed by atoms with Gasteiger partial charge in [-0.2, -0.15) is 0 Å². The Kier molecular flexibility index (Phi) is 4.51. The normalized spacial score (nSPS) is 16.9. The third kappa shape index (κ3) is 3.07. The van der Waals surface area contributed by atoms with Crippen LogP contribution < -0.4 is 0 Å². The van der Waals surface area contributed by atoms with E-state index in [0.717, 1.165) is 12.0 Å². The summed E-state index contributed by atoms with van der Waals surface area (Å²) in [5.74, 6) is 0. The molecule has 1 nitrogen and oxygen atoms in total. The molecule has 0 saturated carbocycles. The van der Waals surface area contributed by atoms with Crippen LogP contribution in [0.4, 0.5) is 0 Å². The minimum absolute atomic E-state index is 0.245. The number of benzene rings is 1. The minimum Gasteiger partial charge on any atom is -0.388 e. The van der Waals surface area contributed by atoms with Crippen LogP contribution in [0.1, 0.15) is 25.8 Å². The largest absolute Gasteiger partial charge is 0.388 e. The SMILES string of the molecule is C=C[C@@](C)(CC)[C@H](O)/C=C/c1ccccc1. The fraction of sp³-hybridized carbons (Fsp3) is 0.333. The smallest absolute Gasteiger partial charge is 0.0811 e. The second kappa shape index (κ2) is 5.66. The van der Waals surface area contributed by atoms with E-state index in [1.165, 1.54) is 0 Å². The Bertz CT molecular complexity index is 353. The molecule has 1 rings (SSSR count). The van der Waals surface area contributed by atoms with E-state index in [1.807, 2.05) is 55.5 Å². The minimum atomic E-state index is -0.491. The van der Waals surface area contributed by atoms with Gasteiger partial charge in [-0.1, -0.05) is 62.4 Å². The van der Waals surface area contributed by atoms with E-state index < -0.39 is 6.10 Å². The van der Waals surface area contributed by atoms with Crippen molar-refractivity contribution in [3.05, 3.63) is 54.6 Å². The average molecular weight is 216 g/mol. The molecule has 0 aliphatic heterocycles. The van der Waals surface area contributed by atoms with Crippen LogP contribution in [0.2, 0.25) is 0 Å². The second-order valence-electron chi connectivity index (χ2n) is 4.28. The van der Waals surface area contributed by atoms with Crippen LogP contribution in [-0.4, -0.2) is 11.2 Å². The molecule has 16 heavy (non-hydrogen) atoms. The molecule has 1 heteroatoms. The van der Waals surface area contributed by atoms with Crippen LogP contribution >= 0.6 is 0 Å². The fourth-order valence-corrected chi connectivity index (χ4v) is 1.46. The van der Waals surface area contributed by atoms with E-state index in [-0.39, 0.29) is 5.41 Å². The Labute approximate surface area is 98.1 Å². The maximum absolute atomic E-state index is 10.1. The van der Waals surface area contributed by atoms with E-state index in [1.54, 1.807) is 0 Å². The highest BCUT2D eigenvalue weighted by molar-refractivity contribution is 5.49. The highest BCUT2D eigenvalue weighted by Crippen LogP contribution is 2.28. The van der Waals surface area contributed by atoms with Gasteiger partial charge in [-0.3, -0.25) is 0 Å². The molecule has 1 N–H and O–H groups in total. The maximum atomic E-state index is 10.1. The summed E-state index contributed by atoms with van der Waals surface area (Å²) in [5, 5.41) is 10.1. The third-order valence-electron chi connectivity index (χ3n) is 3.17. The molecule has 0 saturated heterocycles. The van der Waals surface area contributed by atoms with Crippen LogP contribution in [0.15, 0.2) is 49.1 Å². The summed E-state index contributed by atoms with van der Waals surface area (Å²) in [5.41, 5.74) is 0.856. The summed E-state index contributed by atoms with van der Waals surface area (Å²) in [7, 11) is 0. The summed E-state index contributed by atoms with van der Waals surface area (Å²) in [6, 6.07) is 9.98. The van der Waals surface area contributed by atoms with E-state index in [9.17, 15) is 5.11 Å². The predicted octanol–water partition coefficient (Wildman–Crippen LogP) is 3.66. The van der Waals surface area contributed by atoms with Crippen LogP contribution in [0, 0.1) is 5.41 Å². The molecule has 0 fully saturated rings. The molecule has 2 atom stereocenters. The summed E-state index contributed by atoms with van der Waals surface area (Å²) >= 11 is 0. The molecule has 0 aromatic heterocycles. The lowest BCUT2D eigenvalue weighted by Gasteiger charge is -2.27. The predicted molar refractivity (Wildman–Crippen MR) is 70.1 cm³/mol. The van der Waals surface area contributed by atoms with E-state index in [2.05, 4.69) is 13.5 Å². The zero-order valence-corrected chi connectivity index (χ0v) is 10.1. The number of hydrogen-bond acceptors (Lipinski definition) is 1. The van der Waals surface area contributed by atoms with Crippen molar-refractivity contribution in [1.29, 1.82) is 0 Å². The van der Waals surface area contributed by atoms with Crippen molar-refractivity contribution in [3.8, 4) is 0 Å². The van der Waals surface area contributed by atoms with Gasteiger partial charge in [0.15, 0.2) is 0 Å². The van der Waals surface area contributed by atoms with Gasteiger partial charge in [0.05, 0.1) is 6.10 Å². The monoisotopic (exact) mass is 216 g/mol. The molecule has 0 radical (unpaired) electrons. The van der Waals surface area contributed by atoms with Crippen molar-refractivity contribution in [1.82, 2.24) is 0 Å². The summed E-state index contributed by atoms with van der Waals surface area (Å²) in [6.07, 6.45) is 5.99. The van der Waals surface area contributed by atoms with Crippen molar-refractivity contribution in [2.45, 2.75) is 26.4 Å². The zero-order chi connectivity index (χ0) is 12.0. The molecule has 0 amide bonds. The lowest BCUT2D eigenvalue weighted by atomic mass is 9.81. The van der Waals surface area contributed by atoms with Crippen LogP contribution in [0.5, 0.6) is 0 Å². The Morgan fingerprint density at radius 1 is 1.38 bits per heavy atom. The molecule has 1 aromatic carbocycles. The van der Waals surface area contributed by atoms with Crippen LogP contribution in [-0.2, 0) is 0 Å². The highest BCUT2D eigenvalue weighted by Gasteiger charge is 2.25. The lowest BCUT2D eigenvalue weighted by molar-refractivity contribution is 0.111. The average Bonchev–Trinajstić information content (AvgIpc) is 2.36. The van der Waals surface area contributed by atoms with Crippen molar-refractivity contribution < 1.29 is 5.11 Å². The van der Waals surface area contributed by atoms with Gasteiger partial charge in [-0.15, -0.1) is 6.58 Å². The summed E-state index contributed by atoms with van der Waals surface area (Å²) in [6.45, 7) is 7.86. The molecule has 1 aromatic rings. The molecular formula is C15H20O.